The highest BCUT2D eigenvalue weighted by molar-refractivity contribution is 6.30. The van der Waals surface area contributed by atoms with E-state index in [0.29, 0.717) is 12.4 Å². The Morgan fingerprint density at radius 2 is 1.94 bits per heavy atom. The molecule has 3 nitrogen and oxygen atoms in total. The van der Waals surface area contributed by atoms with E-state index in [1.807, 2.05) is 42.5 Å². The SMILES string of the molecule is COc1cccc(CNc2ccc(Cl)cc2)n1. The summed E-state index contributed by atoms with van der Waals surface area (Å²) in [5, 5.41) is 3.99. The van der Waals surface area contributed by atoms with Crippen molar-refractivity contribution in [3.63, 3.8) is 0 Å². The molecule has 0 fully saturated rings. The molecule has 1 aromatic heterocycles. The molecule has 1 aromatic carbocycles. The van der Waals surface area contributed by atoms with Crippen LogP contribution in [0.1, 0.15) is 5.69 Å². The number of rotatable bonds is 4. The standard InChI is InChI=1S/C13H13ClN2O/c1-17-13-4-2-3-12(16-13)9-15-11-7-5-10(14)6-8-11/h2-8,15H,9H2,1H3. The van der Waals surface area contributed by atoms with Crippen LogP contribution in [0, 0.1) is 0 Å². The van der Waals surface area contributed by atoms with Crippen LogP contribution in [-0.2, 0) is 6.54 Å². The van der Waals surface area contributed by atoms with Gasteiger partial charge in [-0.1, -0.05) is 17.7 Å². The summed E-state index contributed by atoms with van der Waals surface area (Å²) in [5.74, 6) is 0.625. The Labute approximate surface area is 105 Å². The minimum absolute atomic E-state index is 0.625. The second kappa shape index (κ2) is 5.55. The van der Waals surface area contributed by atoms with Crippen molar-refractivity contribution in [1.29, 1.82) is 0 Å². The first-order valence-electron chi connectivity index (χ1n) is 5.27. The van der Waals surface area contributed by atoms with Crippen LogP contribution < -0.4 is 10.1 Å². The van der Waals surface area contributed by atoms with Gasteiger partial charge in [-0.2, -0.15) is 0 Å². The van der Waals surface area contributed by atoms with Crippen LogP contribution in [0.25, 0.3) is 0 Å². The van der Waals surface area contributed by atoms with Gasteiger partial charge < -0.3 is 10.1 Å². The highest BCUT2D eigenvalue weighted by atomic mass is 35.5. The van der Waals surface area contributed by atoms with Crippen LogP contribution in [0.5, 0.6) is 5.88 Å². The lowest BCUT2D eigenvalue weighted by Gasteiger charge is -2.07. The van der Waals surface area contributed by atoms with Gasteiger partial charge in [-0.25, -0.2) is 4.98 Å². The molecule has 2 aromatic rings. The first kappa shape index (κ1) is 11.7. The first-order chi connectivity index (χ1) is 8.28. The molecule has 0 aliphatic carbocycles. The number of anilines is 1. The van der Waals surface area contributed by atoms with Gasteiger partial charge in [0.2, 0.25) is 5.88 Å². The number of ether oxygens (including phenoxy) is 1. The fourth-order valence-electron chi connectivity index (χ4n) is 1.43. The summed E-state index contributed by atoms with van der Waals surface area (Å²) in [7, 11) is 1.61. The van der Waals surface area contributed by atoms with E-state index in [-0.39, 0.29) is 0 Å². The Hall–Kier alpha value is -1.74. The maximum absolute atomic E-state index is 5.81. The maximum atomic E-state index is 5.81. The van der Waals surface area contributed by atoms with Crippen molar-refractivity contribution >= 4 is 17.3 Å². The lowest BCUT2D eigenvalue weighted by molar-refractivity contribution is 0.396. The molecule has 17 heavy (non-hydrogen) atoms. The molecular weight excluding hydrogens is 236 g/mol. The highest BCUT2D eigenvalue weighted by Crippen LogP contribution is 2.14. The van der Waals surface area contributed by atoms with E-state index < -0.39 is 0 Å². The second-order valence-electron chi connectivity index (χ2n) is 3.53. The van der Waals surface area contributed by atoms with Gasteiger partial charge in [-0.15, -0.1) is 0 Å². The van der Waals surface area contributed by atoms with Crippen molar-refractivity contribution < 1.29 is 4.74 Å². The van der Waals surface area contributed by atoms with Crippen molar-refractivity contribution in [1.82, 2.24) is 4.98 Å². The van der Waals surface area contributed by atoms with Gasteiger partial charge in [0.1, 0.15) is 0 Å². The fourth-order valence-corrected chi connectivity index (χ4v) is 1.56. The zero-order valence-corrected chi connectivity index (χ0v) is 10.2. The molecule has 0 bridgehead atoms. The first-order valence-corrected chi connectivity index (χ1v) is 5.65. The molecule has 0 radical (unpaired) electrons. The Morgan fingerprint density at radius 1 is 1.18 bits per heavy atom. The Bertz CT molecular complexity index is 485. The molecule has 0 saturated heterocycles. The van der Waals surface area contributed by atoms with Crippen molar-refractivity contribution in [2.24, 2.45) is 0 Å². The van der Waals surface area contributed by atoms with Crippen LogP contribution in [0.2, 0.25) is 5.02 Å². The summed E-state index contributed by atoms with van der Waals surface area (Å²) in [6.45, 7) is 0.652. The van der Waals surface area contributed by atoms with Crippen molar-refractivity contribution in [2.75, 3.05) is 12.4 Å². The smallest absolute Gasteiger partial charge is 0.213 e. The number of pyridine rings is 1. The molecular formula is C13H13ClN2O. The summed E-state index contributed by atoms with van der Waals surface area (Å²) >= 11 is 5.81. The zero-order valence-electron chi connectivity index (χ0n) is 9.48. The van der Waals surface area contributed by atoms with Crippen LogP contribution >= 0.6 is 11.6 Å². The summed E-state index contributed by atoms with van der Waals surface area (Å²) < 4.78 is 5.07. The maximum Gasteiger partial charge on any atom is 0.213 e. The van der Waals surface area contributed by atoms with E-state index in [1.54, 1.807) is 7.11 Å². The fraction of sp³-hybridized carbons (Fsp3) is 0.154. The Morgan fingerprint density at radius 3 is 2.65 bits per heavy atom. The summed E-state index contributed by atoms with van der Waals surface area (Å²) in [4.78, 5) is 4.31. The summed E-state index contributed by atoms with van der Waals surface area (Å²) in [6, 6.07) is 13.3. The molecule has 0 atom stereocenters. The average Bonchev–Trinajstić information content (AvgIpc) is 2.38. The Kier molecular flexibility index (Phi) is 3.83. The molecule has 4 heteroatoms. The summed E-state index contributed by atoms with van der Waals surface area (Å²) in [5.41, 5.74) is 1.94. The van der Waals surface area contributed by atoms with Crippen molar-refractivity contribution in [2.45, 2.75) is 6.54 Å². The highest BCUT2D eigenvalue weighted by Gasteiger charge is 1.98. The van der Waals surface area contributed by atoms with Crippen LogP contribution in [0.15, 0.2) is 42.5 Å². The van der Waals surface area contributed by atoms with E-state index in [4.69, 9.17) is 16.3 Å². The predicted molar refractivity (Wildman–Crippen MR) is 69.6 cm³/mol. The van der Waals surface area contributed by atoms with Gasteiger partial charge in [0, 0.05) is 16.8 Å². The zero-order chi connectivity index (χ0) is 12.1. The third-order valence-corrected chi connectivity index (χ3v) is 2.56. The molecule has 1 N–H and O–H groups in total. The van der Waals surface area contributed by atoms with E-state index in [9.17, 15) is 0 Å². The average molecular weight is 249 g/mol. The third-order valence-electron chi connectivity index (χ3n) is 2.31. The number of aromatic nitrogens is 1. The van der Waals surface area contributed by atoms with Crippen LogP contribution in [-0.4, -0.2) is 12.1 Å². The second-order valence-corrected chi connectivity index (χ2v) is 3.97. The quantitative estimate of drug-likeness (QED) is 0.901. The molecule has 88 valence electrons. The van der Waals surface area contributed by atoms with Gasteiger partial charge in [0.15, 0.2) is 0 Å². The number of hydrogen-bond acceptors (Lipinski definition) is 3. The normalized spacial score (nSPS) is 10.0. The number of methoxy groups -OCH3 is 1. The monoisotopic (exact) mass is 248 g/mol. The predicted octanol–water partition coefficient (Wildman–Crippen LogP) is 3.36. The number of nitrogens with zero attached hydrogens (tertiary/aromatic N) is 1. The van der Waals surface area contributed by atoms with Crippen molar-refractivity contribution in [3.05, 3.63) is 53.2 Å². The molecule has 2 rings (SSSR count). The molecule has 0 saturated carbocycles. The molecule has 0 unspecified atom stereocenters. The van der Waals surface area contributed by atoms with Gasteiger partial charge in [-0.05, 0) is 30.3 Å². The minimum Gasteiger partial charge on any atom is -0.481 e. The van der Waals surface area contributed by atoms with Gasteiger partial charge in [0.05, 0.1) is 19.3 Å². The number of hydrogen-bond donors (Lipinski definition) is 1. The molecule has 0 spiro atoms. The van der Waals surface area contributed by atoms with E-state index in [1.165, 1.54) is 0 Å². The van der Waals surface area contributed by atoms with Gasteiger partial charge in [-0.3, -0.25) is 0 Å². The van der Waals surface area contributed by atoms with E-state index in [0.717, 1.165) is 16.4 Å². The molecule has 0 amide bonds. The summed E-state index contributed by atoms with van der Waals surface area (Å²) in [6.07, 6.45) is 0. The van der Waals surface area contributed by atoms with Crippen molar-refractivity contribution in [3.8, 4) is 5.88 Å². The Balaban J connectivity index is 1.99. The third kappa shape index (κ3) is 3.36. The topological polar surface area (TPSA) is 34.1 Å². The molecule has 0 aliphatic heterocycles. The lowest BCUT2D eigenvalue weighted by atomic mass is 10.3. The van der Waals surface area contributed by atoms with E-state index in [2.05, 4.69) is 10.3 Å². The lowest BCUT2D eigenvalue weighted by Crippen LogP contribution is -2.02. The largest absolute Gasteiger partial charge is 0.481 e. The van der Waals surface area contributed by atoms with E-state index >= 15 is 0 Å². The number of halogens is 1. The van der Waals surface area contributed by atoms with Gasteiger partial charge >= 0.3 is 0 Å². The minimum atomic E-state index is 0.625. The number of nitrogens with one attached hydrogen (secondary N) is 1. The number of benzene rings is 1. The van der Waals surface area contributed by atoms with Crippen LogP contribution in [0.4, 0.5) is 5.69 Å². The van der Waals surface area contributed by atoms with Crippen LogP contribution in [0.3, 0.4) is 0 Å². The van der Waals surface area contributed by atoms with Gasteiger partial charge in [0.25, 0.3) is 0 Å². The molecule has 0 aliphatic rings. The molecule has 1 heterocycles.